The van der Waals surface area contributed by atoms with Crippen molar-refractivity contribution >= 4 is 33.3 Å². The predicted octanol–water partition coefficient (Wildman–Crippen LogP) is 2.79. The Morgan fingerprint density at radius 2 is 2.15 bits per heavy atom. The minimum Gasteiger partial charge on any atom is -0.396 e. The van der Waals surface area contributed by atoms with Gasteiger partial charge in [0, 0.05) is 18.0 Å². The van der Waals surface area contributed by atoms with Crippen LogP contribution in [0.3, 0.4) is 0 Å². The molecule has 0 bridgehead atoms. The summed E-state index contributed by atoms with van der Waals surface area (Å²) in [6, 6.07) is 2.09. The van der Waals surface area contributed by atoms with Gasteiger partial charge in [-0.3, -0.25) is 0 Å². The number of thiophene rings is 1. The summed E-state index contributed by atoms with van der Waals surface area (Å²) in [5, 5.41) is 13.4. The molecule has 2 aromatic heterocycles. The van der Waals surface area contributed by atoms with Crippen LogP contribution in [0.25, 0.3) is 10.2 Å². The van der Waals surface area contributed by atoms with E-state index in [0.717, 1.165) is 35.4 Å². The highest BCUT2D eigenvalue weighted by Crippen LogP contribution is 2.30. The lowest BCUT2D eigenvalue weighted by molar-refractivity contribution is 0.248. The third kappa shape index (κ3) is 3.58. The number of hydrogen-bond acceptors (Lipinski definition) is 6. The fourth-order valence-corrected chi connectivity index (χ4v) is 3.05. The van der Waals surface area contributed by atoms with Crippen molar-refractivity contribution in [1.29, 1.82) is 0 Å². The van der Waals surface area contributed by atoms with Crippen molar-refractivity contribution in [2.75, 3.05) is 24.2 Å². The van der Waals surface area contributed by atoms with Gasteiger partial charge in [-0.1, -0.05) is 13.8 Å². The van der Waals surface area contributed by atoms with E-state index in [1.54, 1.807) is 11.3 Å². The molecule has 2 heterocycles. The summed E-state index contributed by atoms with van der Waals surface area (Å²) in [5.74, 6) is 1.10. The van der Waals surface area contributed by atoms with Crippen LogP contribution in [0.2, 0.25) is 0 Å². The second-order valence-corrected chi connectivity index (χ2v) is 7.09. The molecule has 0 spiro atoms. The van der Waals surface area contributed by atoms with Gasteiger partial charge in [0.15, 0.2) is 0 Å². The Labute approximate surface area is 123 Å². The van der Waals surface area contributed by atoms with Gasteiger partial charge in [0.05, 0.1) is 5.39 Å². The second-order valence-electron chi connectivity index (χ2n) is 5.85. The molecular weight excluding hydrogens is 272 g/mol. The van der Waals surface area contributed by atoms with Gasteiger partial charge in [-0.15, -0.1) is 11.3 Å². The largest absolute Gasteiger partial charge is 0.396 e. The molecule has 5 nitrogen and oxygen atoms in total. The van der Waals surface area contributed by atoms with Crippen molar-refractivity contribution in [3.63, 3.8) is 0 Å². The molecule has 0 aliphatic rings. The third-order valence-electron chi connectivity index (χ3n) is 3.28. The lowest BCUT2D eigenvalue weighted by Crippen LogP contribution is -2.24. The summed E-state index contributed by atoms with van der Waals surface area (Å²) in [7, 11) is 0. The highest BCUT2D eigenvalue weighted by molar-refractivity contribution is 7.18. The van der Waals surface area contributed by atoms with Crippen LogP contribution in [0.15, 0.2) is 6.07 Å². The van der Waals surface area contributed by atoms with Crippen molar-refractivity contribution in [3.05, 3.63) is 10.9 Å². The van der Waals surface area contributed by atoms with Crippen LogP contribution in [0.5, 0.6) is 0 Å². The van der Waals surface area contributed by atoms with Crippen LogP contribution in [0, 0.1) is 12.3 Å². The van der Waals surface area contributed by atoms with Gasteiger partial charge in [0.25, 0.3) is 0 Å². The maximum atomic E-state index is 8.94. The Morgan fingerprint density at radius 1 is 1.40 bits per heavy atom. The van der Waals surface area contributed by atoms with Gasteiger partial charge >= 0.3 is 0 Å². The smallest absolute Gasteiger partial charge is 0.223 e. The molecule has 20 heavy (non-hydrogen) atoms. The summed E-state index contributed by atoms with van der Waals surface area (Å²) >= 11 is 1.62. The molecule has 0 unspecified atom stereocenters. The van der Waals surface area contributed by atoms with Gasteiger partial charge in [0.1, 0.15) is 10.6 Å². The van der Waals surface area contributed by atoms with Crippen molar-refractivity contribution < 1.29 is 5.11 Å². The van der Waals surface area contributed by atoms with Crippen molar-refractivity contribution in [2.24, 2.45) is 5.41 Å². The maximum Gasteiger partial charge on any atom is 0.223 e. The van der Waals surface area contributed by atoms with E-state index in [9.17, 15) is 0 Å². The molecule has 0 aromatic carbocycles. The zero-order valence-corrected chi connectivity index (χ0v) is 13.0. The molecule has 0 aliphatic carbocycles. The highest BCUT2D eigenvalue weighted by atomic mass is 32.1. The number of nitrogen functional groups attached to an aromatic ring is 1. The normalized spacial score (nSPS) is 12.0. The first-order valence-electron chi connectivity index (χ1n) is 6.80. The molecule has 110 valence electrons. The number of aryl methyl sites for hydroxylation is 1. The van der Waals surface area contributed by atoms with E-state index in [1.807, 2.05) is 0 Å². The van der Waals surface area contributed by atoms with Crippen LogP contribution in [0.1, 0.15) is 31.6 Å². The minimum absolute atomic E-state index is 0.0971. The average molecular weight is 294 g/mol. The number of anilines is 2. The van der Waals surface area contributed by atoms with Gasteiger partial charge in [-0.05, 0) is 31.2 Å². The van der Waals surface area contributed by atoms with Crippen LogP contribution in [0.4, 0.5) is 11.8 Å². The van der Waals surface area contributed by atoms with E-state index < -0.39 is 0 Å². The Morgan fingerprint density at radius 3 is 2.85 bits per heavy atom. The number of rotatable bonds is 6. The fourth-order valence-electron chi connectivity index (χ4n) is 2.16. The van der Waals surface area contributed by atoms with Crippen molar-refractivity contribution in [3.8, 4) is 0 Å². The Balaban J connectivity index is 2.17. The van der Waals surface area contributed by atoms with E-state index in [2.05, 4.69) is 42.1 Å². The predicted molar refractivity (Wildman–Crippen MR) is 85.2 cm³/mol. The molecule has 0 radical (unpaired) electrons. The molecule has 0 atom stereocenters. The second kappa shape index (κ2) is 5.93. The van der Waals surface area contributed by atoms with Gasteiger partial charge in [-0.25, -0.2) is 4.98 Å². The summed E-state index contributed by atoms with van der Waals surface area (Å²) in [4.78, 5) is 10.7. The van der Waals surface area contributed by atoms with Crippen molar-refractivity contribution in [2.45, 2.75) is 33.6 Å². The van der Waals surface area contributed by atoms with Gasteiger partial charge < -0.3 is 16.2 Å². The number of aromatic nitrogens is 2. The molecular formula is C14H22N4OS. The molecule has 0 saturated carbocycles. The first kappa shape index (κ1) is 15.0. The molecule has 2 rings (SSSR count). The SMILES string of the molecule is Cc1cc2c(NCC(C)(C)CCCO)nc(N)nc2s1. The number of nitrogens with two attached hydrogens (primary N) is 1. The molecule has 0 aliphatic heterocycles. The number of nitrogens with zero attached hydrogens (tertiary/aromatic N) is 2. The lowest BCUT2D eigenvalue weighted by atomic mass is 9.88. The minimum atomic E-state index is 0.0971. The number of nitrogens with one attached hydrogen (secondary N) is 1. The van der Waals surface area contributed by atoms with E-state index in [-0.39, 0.29) is 12.0 Å². The zero-order valence-electron chi connectivity index (χ0n) is 12.2. The quantitative estimate of drug-likeness (QED) is 0.763. The van der Waals surface area contributed by atoms with E-state index >= 15 is 0 Å². The standard InChI is InChI=1S/C14H22N4OS/c1-9-7-10-11(17-13(15)18-12(10)20-9)16-8-14(2,3)5-4-6-19/h7,19H,4-6,8H2,1-3H3,(H3,15,16,17,18). The molecule has 6 heteroatoms. The average Bonchev–Trinajstić information content (AvgIpc) is 2.74. The first-order valence-corrected chi connectivity index (χ1v) is 7.61. The maximum absolute atomic E-state index is 8.94. The van der Waals surface area contributed by atoms with Crippen LogP contribution >= 0.6 is 11.3 Å². The monoisotopic (exact) mass is 294 g/mol. The number of fused-ring (bicyclic) bond motifs is 1. The van der Waals surface area contributed by atoms with Gasteiger partial charge in [-0.2, -0.15) is 4.98 Å². The third-order valence-corrected chi connectivity index (χ3v) is 4.22. The molecule has 0 fully saturated rings. The summed E-state index contributed by atoms with van der Waals surface area (Å²) in [5.41, 5.74) is 5.86. The molecule has 0 saturated heterocycles. The summed E-state index contributed by atoms with van der Waals surface area (Å²) in [6.45, 7) is 7.43. The van der Waals surface area contributed by atoms with E-state index in [4.69, 9.17) is 10.8 Å². The molecule has 0 amide bonds. The fraction of sp³-hybridized carbons (Fsp3) is 0.571. The van der Waals surface area contributed by atoms with Crippen LogP contribution in [-0.4, -0.2) is 28.2 Å². The van der Waals surface area contributed by atoms with Crippen molar-refractivity contribution in [1.82, 2.24) is 9.97 Å². The number of aliphatic hydroxyl groups excluding tert-OH is 1. The Bertz CT molecular complexity index is 594. The summed E-state index contributed by atoms with van der Waals surface area (Å²) in [6.07, 6.45) is 1.77. The summed E-state index contributed by atoms with van der Waals surface area (Å²) < 4.78 is 0. The lowest BCUT2D eigenvalue weighted by Gasteiger charge is -2.25. The molecule has 4 N–H and O–H groups in total. The topological polar surface area (TPSA) is 84.1 Å². The number of hydrogen-bond donors (Lipinski definition) is 3. The Kier molecular flexibility index (Phi) is 4.45. The van der Waals surface area contributed by atoms with Crippen LogP contribution < -0.4 is 11.1 Å². The molecule has 2 aromatic rings. The van der Waals surface area contributed by atoms with Gasteiger partial charge in [0.2, 0.25) is 5.95 Å². The van der Waals surface area contributed by atoms with Crippen LogP contribution in [-0.2, 0) is 0 Å². The first-order chi connectivity index (χ1) is 9.41. The zero-order chi connectivity index (χ0) is 14.8. The van der Waals surface area contributed by atoms with E-state index in [1.165, 1.54) is 4.88 Å². The highest BCUT2D eigenvalue weighted by Gasteiger charge is 2.18. The Hall–Kier alpha value is -1.40. The van der Waals surface area contributed by atoms with E-state index in [0.29, 0.717) is 5.95 Å². The number of aliphatic hydroxyl groups is 1.